The van der Waals surface area contributed by atoms with Gasteiger partial charge in [-0.2, -0.15) is 18.2 Å². The van der Waals surface area contributed by atoms with Crippen molar-refractivity contribution in [2.45, 2.75) is 16.8 Å². The van der Waals surface area contributed by atoms with E-state index in [0.717, 1.165) is 12.1 Å². The summed E-state index contributed by atoms with van der Waals surface area (Å²) in [5, 5.41) is 3.23. The highest BCUT2D eigenvalue weighted by Crippen LogP contribution is 2.29. The Morgan fingerprint density at radius 1 is 0.962 bits per heavy atom. The Labute approximate surface area is 145 Å². The molecule has 136 valence electrons. The van der Waals surface area contributed by atoms with E-state index < -0.39 is 27.7 Å². The van der Waals surface area contributed by atoms with Gasteiger partial charge >= 0.3 is 12.1 Å². The van der Waals surface area contributed by atoms with E-state index in [4.69, 9.17) is 0 Å². The molecule has 26 heavy (non-hydrogen) atoms. The van der Waals surface area contributed by atoms with Gasteiger partial charge in [0, 0.05) is 5.56 Å². The van der Waals surface area contributed by atoms with Gasteiger partial charge in [0.15, 0.2) is 9.84 Å². The number of alkyl halides is 3. The minimum Gasteiger partial charge on any atom is -0.329 e. The molecule has 1 heterocycles. The number of halogens is 4. The summed E-state index contributed by atoms with van der Waals surface area (Å²) in [5.41, 5.74) is 0.577. The van der Waals surface area contributed by atoms with Gasteiger partial charge in [0.05, 0.1) is 10.6 Å². The number of sulfone groups is 1. The lowest BCUT2D eigenvalue weighted by Gasteiger charge is -2.05. The van der Waals surface area contributed by atoms with Crippen LogP contribution in [-0.4, -0.2) is 18.6 Å². The van der Waals surface area contributed by atoms with Crippen molar-refractivity contribution in [3.63, 3.8) is 0 Å². The Morgan fingerprint density at radius 3 is 2.12 bits per heavy atom. The van der Waals surface area contributed by atoms with Crippen molar-refractivity contribution < 1.29 is 30.5 Å². The van der Waals surface area contributed by atoms with Crippen LogP contribution in [-0.2, 0) is 21.8 Å². The Balaban J connectivity index is 1.82. The first kappa shape index (κ1) is 18.1. The van der Waals surface area contributed by atoms with Crippen LogP contribution < -0.4 is 0 Å². The first-order valence-corrected chi connectivity index (χ1v) is 8.79. The van der Waals surface area contributed by atoms with Crippen molar-refractivity contribution >= 4 is 9.84 Å². The lowest BCUT2D eigenvalue weighted by molar-refractivity contribution is -0.159. The summed E-state index contributed by atoms with van der Waals surface area (Å²) in [6, 6.07) is 10.1. The van der Waals surface area contributed by atoms with E-state index in [1.54, 1.807) is 0 Å². The Bertz CT molecular complexity index is 1010. The minimum atomic E-state index is -4.76. The summed E-state index contributed by atoms with van der Waals surface area (Å²) in [6.07, 6.45) is -4.76. The fourth-order valence-electron chi connectivity index (χ4n) is 2.15. The van der Waals surface area contributed by atoms with Crippen molar-refractivity contribution in [1.82, 2.24) is 10.1 Å². The highest BCUT2D eigenvalue weighted by molar-refractivity contribution is 7.90. The fraction of sp³-hybridized carbons (Fsp3) is 0.125. The minimum absolute atomic E-state index is 0.0369. The highest BCUT2D eigenvalue weighted by Gasteiger charge is 2.38. The summed E-state index contributed by atoms with van der Waals surface area (Å²) in [7, 11) is -3.71. The number of hydrogen-bond donors (Lipinski definition) is 0. The summed E-state index contributed by atoms with van der Waals surface area (Å²) in [4.78, 5) is 3.19. The number of rotatable bonds is 4. The molecule has 0 unspecified atom stereocenters. The molecule has 0 saturated heterocycles. The second-order valence-corrected chi connectivity index (χ2v) is 7.32. The molecule has 1 aromatic heterocycles. The van der Waals surface area contributed by atoms with Gasteiger partial charge in [0.25, 0.3) is 0 Å². The summed E-state index contributed by atoms with van der Waals surface area (Å²) < 4.78 is 79.2. The molecule has 3 aromatic rings. The molecule has 3 rings (SSSR count). The van der Waals surface area contributed by atoms with Gasteiger partial charge in [-0.15, -0.1) is 0 Å². The third kappa shape index (κ3) is 3.90. The molecule has 0 aliphatic rings. The van der Waals surface area contributed by atoms with Crippen LogP contribution in [0, 0.1) is 5.82 Å². The van der Waals surface area contributed by atoms with Crippen LogP contribution in [0.3, 0.4) is 0 Å². The summed E-state index contributed by atoms with van der Waals surface area (Å²) in [6.45, 7) is 0. The predicted octanol–water partition coefficient (Wildman–Crippen LogP) is 3.87. The van der Waals surface area contributed by atoms with Crippen LogP contribution in [0.25, 0.3) is 11.4 Å². The average molecular weight is 386 g/mol. The van der Waals surface area contributed by atoms with Crippen LogP contribution in [0.2, 0.25) is 0 Å². The number of benzene rings is 2. The molecular weight excluding hydrogens is 376 g/mol. The van der Waals surface area contributed by atoms with Gasteiger partial charge in [0.2, 0.25) is 5.82 Å². The summed E-state index contributed by atoms with van der Waals surface area (Å²) in [5.74, 6) is -2.61. The lowest BCUT2D eigenvalue weighted by atomic mass is 10.2. The van der Waals surface area contributed by atoms with E-state index in [0.29, 0.717) is 5.56 Å². The zero-order valence-corrected chi connectivity index (χ0v) is 13.7. The van der Waals surface area contributed by atoms with Crippen LogP contribution in [0.4, 0.5) is 17.6 Å². The predicted molar refractivity (Wildman–Crippen MR) is 82.0 cm³/mol. The molecule has 0 amide bonds. The van der Waals surface area contributed by atoms with Gasteiger partial charge in [0.1, 0.15) is 5.82 Å². The van der Waals surface area contributed by atoms with Gasteiger partial charge in [-0.1, -0.05) is 17.3 Å². The Hall–Kier alpha value is -2.75. The standard InChI is InChI=1S/C16H10F4N2O3S/c17-12-5-1-10(2-6-12)9-26(23,24)13-7-3-11(4-8-13)14-21-15(25-22-14)16(18,19)20/h1-8H,9H2. The topological polar surface area (TPSA) is 73.1 Å². The molecule has 0 radical (unpaired) electrons. The first-order chi connectivity index (χ1) is 12.1. The fourth-order valence-corrected chi connectivity index (χ4v) is 3.50. The van der Waals surface area contributed by atoms with Gasteiger partial charge in [-0.3, -0.25) is 0 Å². The van der Waals surface area contributed by atoms with Crippen molar-refractivity contribution in [1.29, 1.82) is 0 Å². The van der Waals surface area contributed by atoms with Crippen molar-refractivity contribution in [3.8, 4) is 11.4 Å². The third-order valence-electron chi connectivity index (χ3n) is 3.41. The van der Waals surface area contributed by atoms with Crippen molar-refractivity contribution in [2.24, 2.45) is 0 Å². The molecule has 10 heteroatoms. The smallest absolute Gasteiger partial charge is 0.329 e. The van der Waals surface area contributed by atoms with E-state index in [9.17, 15) is 26.0 Å². The van der Waals surface area contributed by atoms with Crippen molar-refractivity contribution in [2.75, 3.05) is 0 Å². The molecular formula is C16H10F4N2O3S. The second-order valence-electron chi connectivity index (χ2n) is 5.33. The first-order valence-electron chi connectivity index (χ1n) is 7.14. The number of hydrogen-bond acceptors (Lipinski definition) is 5. The largest absolute Gasteiger partial charge is 0.471 e. The maximum atomic E-state index is 12.9. The maximum Gasteiger partial charge on any atom is 0.471 e. The molecule has 0 spiro atoms. The van der Waals surface area contributed by atoms with Crippen LogP contribution in [0.15, 0.2) is 57.9 Å². The zero-order valence-electron chi connectivity index (χ0n) is 12.9. The van der Waals surface area contributed by atoms with E-state index in [-0.39, 0.29) is 22.0 Å². The monoisotopic (exact) mass is 386 g/mol. The van der Waals surface area contributed by atoms with Gasteiger partial charge in [-0.05, 0) is 42.0 Å². The van der Waals surface area contributed by atoms with E-state index >= 15 is 0 Å². The van der Waals surface area contributed by atoms with Crippen LogP contribution >= 0.6 is 0 Å². The molecule has 0 aliphatic carbocycles. The summed E-state index contributed by atoms with van der Waals surface area (Å²) >= 11 is 0. The quantitative estimate of drug-likeness (QED) is 0.637. The van der Waals surface area contributed by atoms with Crippen molar-refractivity contribution in [3.05, 3.63) is 65.8 Å². The van der Waals surface area contributed by atoms with Crippen LogP contribution in [0.5, 0.6) is 0 Å². The van der Waals surface area contributed by atoms with E-state index in [1.807, 2.05) is 0 Å². The highest BCUT2D eigenvalue weighted by atomic mass is 32.2. The number of nitrogens with zero attached hydrogens (tertiary/aromatic N) is 2. The van der Waals surface area contributed by atoms with Crippen LogP contribution in [0.1, 0.15) is 11.5 Å². The molecule has 0 aliphatic heterocycles. The zero-order chi connectivity index (χ0) is 18.9. The normalized spacial score (nSPS) is 12.3. The molecule has 0 N–H and O–H groups in total. The SMILES string of the molecule is O=S(=O)(Cc1ccc(F)cc1)c1ccc(-c2noc(C(F)(F)F)n2)cc1. The molecule has 0 saturated carbocycles. The maximum absolute atomic E-state index is 12.9. The van der Waals surface area contributed by atoms with E-state index in [1.165, 1.54) is 36.4 Å². The molecule has 0 fully saturated rings. The molecule has 2 aromatic carbocycles. The van der Waals surface area contributed by atoms with Gasteiger partial charge in [-0.25, -0.2) is 12.8 Å². The molecule has 0 atom stereocenters. The average Bonchev–Trinajstić information content (AvgIpc) is 3.07. The van der Waals surface area contributed by atoms with E-state index in [2.05, 4.69) is 14.7 Å². The molecule has 0 bridgehead atoms. The lowest BCUT2D eigenvalue weighted by Crippen LogP contribution is -2.05. The van der Waals surface area contributed by atoms with Gasteiger partial charge < -0.3 is 4.52 Å². The Kier molecular flexibility index (Phi) is 4.53. The Morgan fingerprint density at radius 2 is 1.58 bits per heavy atom. The number of aromatic nitrogens is 2. The molecule has 5 nitrogen and oxygen atoms in total. The second kappa shape index (κ2) is 6.52. The third-order valence-corrected chi connectivity index (χ3v) is 5.11.